The Morgan fingerprint density at radius 1 is 1.16 bits per heavy atom. The first-order valence-corrected chi connectivity index (χ1v) is 7.79. The SMILES string of the molecule is CC1C(N)CCCC1C(=O)N1CCN(C(C)C)CC1. The summed E-state index contributed by atoms with van der Waals surface area (Å²) in [5.41, 5.74) is 6.12. The van der Waals surface area contributed by atoms with Crippen LogP contribution in [0.2, 0.25) is 0 Å². The van der Waals surface area contributed by atoms with Crippen molar-refractivity contribution in [3.05, 3.63) is 0 Å². The van der Waals surface area contributed by atoms with Gasteiger partial charge in [0.1, 0.15) is 0 Å². The lowest BCUT2D eigenvalue weighted by atomic mass is 9.76. The Balaban J connectivity index is 1.90. The van der Waals surface area contributed by atoms with Gasteiger partial charge in [-0.15, -0.1) is 0 Å². The van der Waals surface area contributed by atoms with Gasteiger partial charge in [-0.2, -0.15) is 0 Å². The van der Waals surface area contributed by atoms with Gasteiger partial charge in [0.15, 0.2) is 0 Å². The number of nitrogens with zero attached hydrogens (tertiary/aromatic N) is 2. The van der Waals surface area contributed by atoms with E-state index in [2.05, 4.69) is 30.6 Å². The van der Waals surface area contributed by atoms with Crippen molar-refractivity contribution in [2.24, 2.45) is 17.6 Å². The Labute approximate surface area is 117 Å². The molecule has 2 rings (SSSR count). The lowest BCUT2D eigenvalue weighted by Gasteiger charge is -2.41. The van der Waals surface area contributed by atoms with Gasteiger partial charge in [0.05, 0.1) is 0 Å². The van der Waals surface area contributed by atoms with E-state index in [0.717, 1.165) is 45.4 Å². The molecule has 2 fully saturated rings. The van der Waals surface area contributed by atoms with Crippen molar-refractivity contribution in [2.45, 2.75) is 52.1 Å². The predicted molar refractivity (Wildman–Crippen MR) is 77.8 cm³/mol. The second-order valence-electron chi connectivity index (χ2n) is 6.52. The number of carbonyl (C=O) groups excluding carboxylic acids is 1. The molecule has 3 atom stereocenters. The van der Waals surface area contributed by atoms with Crippen LogP contribution in [0.3, 0.4) is 0 Å². The van der Waals surface area contributed by atoms with Crippen LogP contribution in [0.25, 0.3) is 0 Å². The van der Waals surface area contributed by atoms with Crippen molar-refractivity contribution in [1.29, 1.82) is 0 Å². The third-order valence-corrected chi connectivity index (χ3v) is 5.04. The highest BCUT2D eigenvalue weighted by Gasteiger charge is 2.36. The van der Waals surface area contributed by atoms with Crippen molar-refractivity contribution in [2.75, 3.05) is 26.2 Å². The van der Waals surface area contributed by atoms with E-state index in [9.17, 15) is 4.79 Å². The number of carbonyl (C=O) groups is 1. The average molecular weight is 267 g/mol. The van der Waals surface area contributed by atoms with Crippen LogP contribution in [-0.2, 0) is 4.79 Å². The monoisotopic (exact) mass is 267 g/mol. The van der Waals surface area contributed by atoms with Crippen LogP contribution in [-0.4, -0.2) is 54.0 Å². The Bertz CT molecular complexity index is 311. The largest absolute Gasteiger partial charge is 0.340 e. The molecule has 4 nitrogen and oxygen atoms in total. The molecule has 1 aliphatic carbocycles. The fraction of sp³-hybridized carbons (Fsp3) is 0.933. The Hall–Kier alpha value is -0.610. The molecule has 1 saturated heterocycles. The van der Waals surface area contributed by atoms with E-state index in [4.69, 9.17) is 5.73 Å². The van der Waals surface area contributed by atoms with E-state index in [1.54, 1.807) is 0 Å². The summed E-state index contributed by atoms with van der Waals surface area (Å²) < 4.78 is 0. The predicted octanol–water partition coefficient (Wildman–Crippen LogP) is 1.30. The van der Waals surface area contributed by atoms with Crippen molar-refractivity contribution >= 4 is 5.91 Å². The molecule has 19 heavy (non-hydrogen) atoms. The normalized spacial score (nSPS) is 33.7. The molecular formula is C15H29N3O. The summed E-state index contributed by atoms with van der Waals surface area (Å²) in [4.78, 5) is 17.1. The highest BCUT2D eigenvalue weighted by molar-refractivity contribution is 5.79. The van der Waals surface area contributed by atoms with E-state index in [0.29, 0.717) is 17.9 Å². The second kappa shape index (κ2) is 6.23. The van der Waals surface area contributed by atoms with Gasteiger partial charge in [0.2, 0.25) is 5.91 Å². The first kappa shape index (κ1) is 14.8. The van der Waals surface area contributed by atoms with Crippen molar-refractivity contribution in [3.8, 4) is 0 Å². The summed E-state index contributed by atoms with van der Waals surface area (Å²) in [6.45, 7) is 10.4. The molecule has 1 aliphatic heterocycles. The van der Waals surface area contributed by atoms with E-state index in [-0.39, 0.29) is 12.0 Å². The average Bonchev–Trinajstić information content (AvgIpc) is 2.41. The fourth-order valence-corrected chi connectivity index (χ4v) is 3.44. The molecule has 1 heterocycles. The summed E-state index contributed by atoms with van der Waals surface area (Å²) in [6, 6.07) is 0.791. The van der Waals surface area contributed by atoms with Gasteiger partial charge < -0.3 is 10.6 Å². The summed E-state index contributed by atoms with van der Waals surface area (Å²) in [7, 11) is 0. The molecule has 1 amide bonds. The lowest BCUT2D eigenvalue weighted by Crippen LogP contribution is -2.54. The van der Waals surface area contributed by atoms with Gasteiger partial charge in [-0.05, 0) is 32.6 Å². The van der Waals surface area contributed by atoms with Gasteiger partial charge in [-0.1, -0.05) is 13.3 Å². The van der Waals surface area contributed by atoms with Crippen LogP contribution >= 0.6 is 0 Å². The maximum absolute atomic E-state index is 12.6. The van der Waals surface area contributed by atoms with Crippen LogP contribution in [0.15, 0.2) is 0 Å². The van der Waals surface area contributed by atoms with Crippen LogP contribution in [0.4, 0.5) is 0 Å². The quantitative estimate of drug-likeness (QED) is 0.820. The molecule has 4 heteroatoms. The standard InChI is InChI=1S/C15H29N3O/c1-11(2)17-7-9-18(10-8-17)15(19)13-5-4-6-14(16)12(13)3/h11-14H,4-10,16H2,1-3H3. The van der Waals surface area contributed by atoms with Crippen LogP contribution in [0.1, 0.15) is 40.0 Å². The minimum atomic E-state index is 0.161. The topological polar surface area (TPSA) is 49.6 Å². The van der Waals surface area contributed by atoms with E-state index in [1.807, 2.05) is 0 Å². The molecule has 110 valence electrons. The summed E-state index contributed by atoms with van der Waals surface area (Å²) in [5.74, 6) is 0.852. The number of piperazine rings is 1. The smallest absolute Gasteiger partial charge is 0.226 e. The molecule has 3 unspecified atom stereocenters. The first-order chi connectivity index (χ1) is 9.00. The minimum absolute atomic E-state index is 0.161. The van der Waals surface area contributed by atoms with Gasteiger partial charge >= 0.3 is 0 Å². The number of hydrogen-bond acceptors (Lipinski definition) is 3. The van der Waals surface area contributed by atoms with Crippen molar-refractivity contribution in [1.82, 2.24) is 9.80 Å². The fourth-order valence-electron chi connectivity index (χ4n) is 3.44. The van der Waals surface area contributed by atoms with Crippen molar-refractivity contribution < 1.29 is 4.79 Å². The Morgan fingerprint density at radius 2 is 1.79 bits per heavy atom. The lowest BCUT2D eigenvalue weighted by molar-refractivity contribution is -0.140. The molecule has 0 aromatic heterocycles. The summed E-state index contributed by atoms with van der Waals surface area (Å²) in [5, 5.41) is 0. The zero-order valence-corrected chi connectivity index (χ0v) is 12.6. The molecule has 2 N–H and O–H groups in total. The van der Waals surface area contributed by atoms with E-state index < -0.39 is 0 Å². The molecule has 0 radical (unpaired) electrons. The second-order valence-corrected chi connectivity index (χ2v) is 6.52. The molecular weight excluding hydrogens is 238 g/mol. The molecule has 2 aliphatic rings. The van der Waals surface area contributed by atoms with Crippen LogP contribution < -0.4 is 5.73 Å². The first-order valence-electron chi connectivity index (χ1n) is 7.79. The molecule has 1 saturated carbocycles. The third-order valence-electron chi connectivity index (χ3n) is 5.04. The maximum atomic E-state index is 12.6. The van der Waals surface area contributed by atoms with E-state index in [1.165, 1.54) is 0 Å². The Kier molecular flexibility index (Phi) is 4.85. The maximum Gasteiger partial charge on any atom is 0.226 e. The summed E-state index contributed by atoms with van der Waals surface area (Å²) >= 11 is 0. The van der Waals surface area contributed by atoms with Gasteiger partial charge in [-0.3, -0.25) is 9.69 Å². The number of rotatable bonds is 2. The van der Waals surface area contributed by atoms with Crippen LogP contribution in [0.5, 0.6) is 0 Å². The van der Waals surface area contributed by atoms with Crippen molar-refractivity contribution in [3.63, 3.8) is 0 Å². The molecule has 0 bridgehead atoms. The highest BCUT2D eigenvalue weighted by Crippen LogP contribution is 2.30. The zero-order valence-electron chi connectivity index (χ0n) is 12.6. The molecule has 0 aromatic carbocycles. The minimum Gasteiger partial charge on any atom is -0.340 e. The third kappa shape index (κ3) is 3.29. The number of amides is 1. The Morgan fingerprint density at radius 3 is 2.37 bits per heavy atom. The molecule has 0 spiro atoms. The summed E-state index contributed by atoms with van der Waals surface area (Å²) in [6.07, 6.45) is 3.21. The highest BCUT2D eigenvalue weighted by atomic mass is 16.2. The number of nitrogens with two attached hydrogens (primary N) is 1. The van der Waals surface area contributed by atoms with Gasteiger partial charge in [-0.25, -0.2) is 0 Å². The zero-order chi connectivity index (χ0) is 14.0. The van der Waals surface area contributed by atoms with Gasteiger partial charge in [0, 0.05) is 44.2 Å². The molecule has 0 aromatic rings. The van der Waals surface area contributed by atoms with Crippen LogP contribution in [0, 0.1) is 11.8 Å². The van der Waals surface area contributed by atoms with E-state index >= 15 is 0 Å². The number of hydrogen-bond donors (Lipinski definition) is 1. The van der Waals surface area contributed by atoms with Gasteiger partial charge in [0.25, 0.3) is 0 Å².